The van der Waals surface area contributed by atoms with E-state index in [9.17, 15) is 9.18 Å². The number of imidazole rings is 1. The zero-order chi connectivity index (χ0) is 17.9. The SMILES string of the molecule is O=C(Nc1cn[nH]c1-c1ccccc1F)[C@@H]1OCC[C@@H]1Cn1ccnc1. The topological polar surface area (TPSA) is 84.8 Å². The number of H-pyrrole nitrogens is 1. The number of halogens is 1. The fourth-order valence-corrected chi connectivity index (χ4v) is 3.23. The second-order valence-corrected chi connectivity index (χ2v) is 6.23. The molecule has 8 heteroatoms. The summed E-state index contributed by atoms with van der Waals surface area (Å²) in [7, 11) is 0. The third-order valence-electron chi connectivity index (χ3n) is 4.52. The lowest BCUT2D eigenvalue weighted by atomic mass is 10.0. The van der Waals surface area contributed by atoms with Crippen molar-refractivity contribution in [1.82, 2.24) is 19.7 Å². The monoisotopic (exact) mass is 355 g/mol. The van der Waals surface area contributed by atoms with Crippen molar-refractivity contribution >= 4 is 11.6 Å². The molecule has 0 aliphatic carbocycles. The maximum atomic E-state index is 14.1. The van der Waals surface area contributed by atoms with Crippen molar-refractivity contribution in [2.45, 2.75) is 19.1 Å². The van der Waals surface area contributed by atoms with E-state index in [1.54, 1.807) is 30.7 Å². The standard InChI is InChI=1S/C18H18FN5O2/c19-14-4-2-1-3-13(14)16-15(9-21-23-16)22-18(25)17-12(5-8-26-17)10-24-7-6-20-11-24/h1-4,6-7,9,11-12,17H,5,8,10H2,(H,21,23)(H,22,25)/t12-,17-/m1/s1. The van der Waals surface area contributed by atoms with Gasteiger partial charge in [0.25, 0.3) is 5.91 Å². The minimum absolute atomic E-state index is 0.0491. The van der Waals surface area contributed by atoms with Gasteiger partial charge >= 0.3 is 0 Å². The number of anilines is 1. The lowest BCUT2D eigenvalue weighted by Gasteiger charge is -2.18. The van der Waals surface area contributed by atoms with Crippen LogP contribution in [0, 0.1) is 11.7 Å². The smallest absolute Gasteiger partial charge is 0.253 e. The molecule has 0 saturated carbocycles. The van der Waals surface area contributed by atoms with Crippen LogP contribution < -0.4 is 5.32 Å². The van der Waals surface area contributed by atoms with E-state index in [0.717, 1.165) is 6.42 Å². The molecule has 1 amide bonds. The first-order valence-corrected chi connectivity index (χ1v) is 8.39. The van der Waals surface area contributed by atoms with Crippen molar-refractivity contribution in [3.05, 3.63) is 55.0 Å². The molecule has 0 radical (unpaired) electrons. The predicted octanol–water partition coefficient (Wildman–Crippen LogP) is 2.46. The van der Waals surface area contributed by atoms with Crippen LogP contribution in [0.5, 0.6) is 0 Å². The molecular weight excluding hydrogens is 337 g/mol. The van der Waals surface area contributed by atoms with Gasteiger partial charge in [-0.3, -0.25) is 9.89 Å². The van der Waals surface area contributed by atoms with E-state index in [2.05, 4.69) is 20.5 Å². The molecule has 3 aromatic rings. The summed E-state index contributed by atoms with van der Waals surface area (Å²) in [5.41, 5.74) is 1.21. The number of hydrogen-bond acceptors (Lipinski definition) is 4. The van der Waals surface area contributed by atoms with Crippen LogP contribution in [0.4, 0.5) is 10.1 Å². The van der Waals surface area contributed by atoms with Crippen LogP contribution in [0.25, 0.3) is 11.3 Å². The number of ether oxygens (including phenoxy) is 1. The van der Waals surface area contributed by atoms with Crippen molar-refractivity contribution in [3.8, 4) is 11.3 Å². The van der Waals surface area contributed by atoms with Gasteiger partial charge in [0, 0.05) is 37.0 Å². The summed E-state index contributed by atoms with van der Waals surface area (Å²) < 4.78 is 21.6. The number of aromatic amines is 1. The van der Waals surface area contributed by atoms with Crippen LogP contribution in [0.2, 0.25) is 0 Å². The molecule has 4 rings (SSSR count). The zero-order valence-electron chi connectivity index (χ0n) is 13.9. The van der Waals surface area contributed by atoms with Gasteiger partial charge in [0.15, 0.2) is 0 Å². The third-order valence-corrected chi connectivity index (χ3v) is 4.52. The van der Waals surface area contributed by atoms with Crippen molar-refractivity contribution < 1.29 is 13.9 Å². The van der Waals surface area contributed by atoms with E-state index < -0.39 is 6.10 Å². The van der Waals surface area contributed by atoms with Gasteiger partial charge in [0.05, 0.1) is 23.9 Å². The summed E-state index contributed by atoms with van der Waals surface area (Å²) >= 11 is 0. The summed E-state index contributed by atoms with van der Waals surface area (Å²) in [6.45, 7) is 1.19. The Morgan fingerprint density at radius 3 is 3.12 bits per heavy atom. The number of amides is 1. The molecule has 2 aromatic heterocycles. The van der Waals surface area contributed by atoms with Crippen LogP contribution in [-0.2, 0) is 16.1 Å². The van der Waals surface area contributed by atoms with Crippen LogP contribution in [0.1, 0.15) is 6.42 Å². The fourth-order valence-electron chi connectivity index (χ4n) is 3.23. The summed E-state index contributed by atoms with van der Waals surface area (Å²) in [6.07, 6.45) is 6.98. The predicted molar refractivity (Wildman–Crippen MR) is 92.7 cm³/mol. The molecule has 2 atom stereocenters. The van der Waals surface area contributed by atoms with Gasteiger partial charge in [-0.15, -0.1) is 0 Å². The molecule has 1 aliphatic heterocycles. The molecule has 1 aliphatic rings. The Bertz CT molecular complexity index is 893. The lowest BCUT2D eigenvalue weighted by Crippen LogP contribution is -2.34. The Hall–Kier alpha value is -3.00. The van der Waals surface area contributed by atoms with E-state index in [-0.39, 0.29) is 17.6 Å². The van der Waals surface area contributed by atoms with Gasteiger partial charge in [-0.25, -0.2) is 9.37 Å². The van der Waals surface area contributed by atoms with Crippen LogP contribution in [-0.4, -0.2) is 38.4 Å². The number of nitrogens with zero attached hydrogens (tertiary/aromatic N) is 3. The second kappa shape index (κ2) is 7.09. The van der Waals surface area contributed by atoms with Crippen molar-refractivity contribution in [1.29, 1.82) is 0 Å². The van der Waals surface area contributed by atoms with Crippen LogP contribution >= 0.6 is 0 Å². The quantitative estimate of drug-likeness (QED) is 0.736. The van der Waals surface area contributed by atoms with E-state index in [1.807, 2.05) is 10.8 Å². The number of aromatic nitrogens is 4. The van der Waals surface area contributed by atoms with E-state index in [4.69, 9.17) is 4.74 Å². The first-order chi connectivity index (χ1) is 12.7. The number of benzene rings is 1. The maximum absolute atomic E-state index is 14.1. The Kier molecular flexibility index (Phi) is 4.49. The van der Waals surface area contributed by atoms with Gasteiger partial charge < -0.3 is 14.6 Å². The van der Waals surface area contributed by atoms with E-state index >= 15 is 0 Å². The normalized spacial score (nSPS) is 19.6. The average Bonchev–Trinajstić information content (AvgIpc) is 3.38. The number of hydrogen-bond donors (Lipinski definition) is 2. The molecule has 3 heterocycles. The van der Waals surface area contributed by atoms with Crippen molar-refractivity contribution in [2.24, 2.45) is 5.92 Å². The highest BCUT2D eigenvalue weighted by atomic mass is 19.1. The van der Waals surface area contributed by atoms with Gasteiger partial charge in [0.2, 0.25) is 0 Å². The minimum atomic E-state index is -0.569. The highest BCUT2D eigenvalue weighted by Gasteiger charge is 2.34. The number of carbonyl (C=O) groups is 1. The summed E-state index contributed by atoms with van der Waals surface area (Å²) in [5.74, 6) is -0.595. The van der Waals surface area contributed by atoms with Crippen molar-refractivity contribution in [3.63, 3.8) is 0 Å². The Balaban J connectivity index is 1.50. The van der Waals surface area contributed by atoms with E-state index in [1.165, 1.54) is 12.3 Å². The lowest BCUT2D eigenvalue weighted by molar-refractivity contribution is -0.126. The molecule has 0 bridgehead atoms. The highest BCUT2D eigenvalue weighted by molar-refractivity contribution is 5.97. The van der Waals surface area contributed by atoms with Crippen LogP contribution in [0.15, 0.2) is 49.2 Å². The number of nitrogens with one attached hydrogen (secondary N) is 2. The molecule has 26 heavy (non-hydrogen) atoms. The van der Waals surface area contributed by atoms with E-state index in [0.29, 0.717) is 30.1 Å². The average molecular weight is 355 g/mol. The zero-order valence-corrected chi connectivity index (χ0v) is 13.9. The summed E-state index contributed by atoms with van der Waals surface area (Å²) in [6, 6.07) is 6.34. The fraction of sp³-hybridized carbons (Fsp3) is 0.278. The molecule has 0 unspecified atom stereocenters. The molecule has 7 nitrogen and oxygen atoms in total. The van der Waals surface area contributed by atoms with Gasteiger partial charge in [0.1, 0.15) is 11.9 Å². The Morgan fingerprint density at radius 2 is 2.31 bits per heavy atom. The van der Waals surface area contributed by atoms with Crippen molar-refractivity contribution in [2.75, 3.05) is 11.9 Å². The molecule has 0 spiro atoms. The highest BCUT2D eigenvalue weighted by Crippen LogP contribution is 2.29. The number of rotatable bonds is 5. The van der Waals surface area contributed by atoms with Gasteiger partial charge in [-0.2, -0.15) is 5.10 Å². The first kappa shape index (κ1) is 16.5. The molecule has 1 aromatic carbocycles. The largest absolute Gasteiger partial charge is 0.368 e. The molecule has 1 fully saturated rings. The first-order valence-electron chi connectivity index (χ1n) is 8.39. The summed E-state index contributed by atoms with van der Waals surface area (Å²) in [4.78, 5) is 16.7. The minimum Gasteiger partial charge on any atom is -0.368 e. The third kappa shape index (κ3) is 3.23. The Morgan fingerprint density at radius 1 is 1.42 bits per heavy atom. The molecule has 2 N–H and O–H groups in total. The number of carbonyl (C=O) groups excluding carboxylic acids is 1. The van der Waals surface area contributed by atoms with Gasteiger partial charge in [-0.05, 0) is 18.6 Å². The maximum Gasteiger partial charge on any atom is 0.253 e. The summed E-state index contributed by atoms with van der Waals surface area (Å²) in [5, 5.41) is 9.51. The second-order valence-electron chi connectivity index (χ2n) is 6.23. The molecule has 134 valence electrons. The van der Waals surface area contributed by atoms with Crippen LogP contribution in [0.3, 0.4) is 0 Å². The molecular formula is C18H18FN5O2. The molecule has 1 saturated heterocycles. The Labute approximate surface area is 149 Å². The van der Waals surface area contributed by atoms with Gasteiger partial charge in [-0.1, -0.05) is 12.1 Å².